The van der Waals surface area contributed by atoms with Gasteiger partial charge in [-0.2, -0.15) is 0 Å². The van der Waals surface area contributed by atoms with E-state index < -0.39 is 0 Å². The molecule has 0 aromatic rings. The highest BCUT2D eigenvalue weighted by Crippen LogP contribution is 2.71. The van der Waals surface area contributed by atoms with E-state index >= 15 is 0 Å². The zero-order valence-corrected chi connectivity index (χ0v) is 13.5. The van der Waals surface area contributed by atoms with Crippen molar-refractivity contribution in [2.45, 2.75) is 71.3 Å². The molecule has 5 atom stereocenters. The third-order valence-corrected chi connectivity index (χ3v) is 7.41. The highest BCUT2D eigenvalue weighted by atomic mass is 15.0. The summed E-state index contributed by atoms with van der Waals surface area (Å²) in [5, 5.41) is 4.01. The van der Waals surface area contributed by atoms with Gasteiger partial charge in [0.25, 0.3) is 0 Å². The minimum atomic E-state index is 0.890. The molecular formula is C19H33N. The second-order valence-corrected chi connectivity index (χ2v) is 8.57. The fourth-order valence-electron chi connectivity index (χ4n) is 6.45. The molecule has 1 heteroatoms. The van der Waals surface area contributed by atoms with Crippen molar-refractivity contribution in [3.05, 3.63) is 0 Å². The van der Waals surface area contributed by atoms with Crippen LogP contribution in [0.25, 0.3) is 0 Å². The van der Waals surface area contributed by atoms with Crippen molar-refractivity contribution in [1.29, 1.82) is 0 Å². The largest absolute Gasteiger partial charge is 0.313 e. The molecule has 5 unspecified atom stereocenters. The molecule has 1 nitrogen and oxygen atoms in total. The van der Waals surface area contributed by atoms with E-state index in [1.54, 1.807) is 19.3 Å². The molecule has 0 amide bonds. The summed E-state index contributed by atoms with van der Waals surface area (Å²) in [4.78, 5) is 0. The molecule has 0 radical (unpaired) electrons. The lowest BCUT2D eigenvalue weighted by Crippen LogP contribution is -2.41. The summed E-state index contributed by atoms with van der Waals surface area (Å²) < 4.78 is 0. The lowest BCUT2D eigenvalue weighted by atomic mass is 9.76. The van der Waals surface area contributed by atoms with Crippen molar-refractivity contribution in [2.24, 2.45) is 41.4 Å². The summed E-state index contributed by atoms with van der Waals surface area (Å²) in [6.45, 7) is 6.03. The van der Waals surface area contributed by atoms with E-state index in [0.717, 1.165) is 47.5 Å². The molecular weight excluding hydrogens is 242 g/mol. The van der Waals surface area contributed by atoms with Crippen LogP contribution < -0.4 is 5.32 Å². The molecule has 20 heavy (non-hydrogen) atoms. The van der Waals surface area contributed by atoms with Gasteiger partial charge in [-0.1, -0.05) is 26.7 Å². The lowest BCUT2D eigenvalue weighted by Gasteiger charge is -2.35. The smallest absolute Gasteiger partial charge is 0.0129 e. The Labute approximate surface area is 125 Å². The number of hydrogen-bond acceptors (Lipinski definition) is 1. The molecule has 4 aliphatic carbocycles. The highest BCUT2D eigenvalue weighted by Gasteiger charge is 2.67. The van der Waals surface area contributed by atoms with Gasteiger partial charge in [0.05, 0.1) is 0 Å². The topological polar surface area (TPSA) is 12.0 Å². The predicted octanol–water partition coefficient (Wildman–Crippen LogP) is 4.47. The fourth-order valence-corrected chi connectivity index (χ4v) is 6.45. The van der Waals surface area contributed by atoms with Gasteiger partial charge in [-0.3, -0.25) is 0 Å². The predicted molar refractivity (Wildman–Crippen MR) is 84.5 cm³/mol. The Morgan fingerprint density at radius 3 is 2.20 bits per heavy atom. The zero-order valence-electron chi connectivity index (χ0n) is 13.5. The Bertz CT molecular complexity index is 328. The SMILES string of the molecule is CCCNC(C1CCC(C)CC1)C1C2C3CCC(C3)C21. The quantitative estimate of drug-likeness (QED) is 0.780. The van der Waals surface area contributed by atoms with E-state index in [1.165, 1.54) is 38.6 Å². The monoisotopic (exact) mass is 275 g/mol. The highest BCUT2D eigenvalue weighted by molar-refractivity contribution is 5.16. The molecule has 0 aromatic heterocycles. The number of hydrogen-bond donors (Lipinski definition) is 1. The molecule has 114 valence electrons. The van der Waals surface area contributed by atoms with Crippen LogP contribution in [0.2, 0.25) is 0 Å². The van der Waals surface area contributed by atoms with E-state index in [0.29, 0.717) is 0 Å². The summed E-state index contributed by atoms with van der Waals surface area (Å²) in [5.74, 6) is 7.68. The van der Waals surface area contributed by atoms with Crippen LogP contribution >= 0.6 is 0 Å². The van der Waals surface area contributed by atoms with Gasteiger partial charge in [-0.05, 0) is 86.5 Å². The maximum Gasteiger partial charge on any atom is 0.0129 e. The van der Waals surface area contributed by atoms with Crippen LogP contribution in [-0.2, 0) is 0 Å². The molecule has 4 aliphatic rings. The molecule has 0 heterocycles. The van der Waals surface area contributed by atoms with Crippen LogP contribution in [-0.4, -0.2) is 12.6 Å². The van der Waals surface area contributed by atoms with E-state index in [9.17, 15) is 0 Å². The minimum Gasteiger partial charge on any atom is -0.313 e. The zero-order chi connectivity index (χ0) is 13.7. The van der Waals surface area contributed by atoms with Crippen molar-refractivity contribution in [3.63, 3.8) is 0 Å². The van der Waals surface area contributed by atoms with Crippen molar-refractivity contribution in [2.75, 3.05) is 6.54 Å². The van der Waals surface area contributed by atoms with Crippen LogP contribution in [0.4, 0.5) is 0 Å². The molecule has 0 saturated heterocycles. The summed E-state index contributed by atoms with van der Waals surface area (Å²) in [5.41, 5.74) is 0. The van der Waals surface area contributed by atoms with Gasteiger partial charge in [0, 0.05) is 6.04 Å². The fraction of sp³-hybridized carbons (Fsp3) is 1.00. The lowest BCUT2D eigenvalue weighted by molar-refractivity contribution is 0.196. The van der Waals surface area contributed by atoms with Gasteiger partial charge >= 0.3 is 0 Å². The van der Waals surface area contributed by atoms with E-state index in [2.05, 4.69) is 19.2 Å². The molecule has 0 aliphatic heterocycles. The minimum absolute atomic E-state index is 0.890. The van der Waals surface area contributed by atoms with Crippen molar-refractivity contribution in [3.8, 4) is 0 Å². The molecule has 0 aromatic carbocycles. The third kappa shape index (κ3) is 2.16. The first-order valence-corrected chi connectivity index (χ1v) is 9.53. The Hall–Kier alpha value is -0.0400. The first-order chi connectivity index (χ1) is 9.79. The molecule has 2 bridgehead atoms. The molecule has 4 saturated carbocycles. The second-order valence-electron chi connectivity index (χ2n) is 8.57. The van der Waals surface area contributed by atoms with E-state index in [-0.39, 0.29) is 0 Å². The third-order valence-electron chi connectivity index (χ3n) is 7.41. The van der Waals surface area contributed by atoms with E-state index in [1.807, 2.05) is 0 Å². The van der Waals surface area contributed by atoms with Gasteiger partial charge in [-0.25, -0.2) is 0 Å². The van der Waals surface area contributed by atoms with Gasteiger partial charge in [0.1, 0.15) is 0 Å². The Morgan fingerprint density at radius 2 is 1.60 bits per heavy atom. The Balaban J connectivity index is 1.43. The summed E-state index contributed by atoms with van der Waals surface area (Å²) in [7, 11) is 0. The Kier molecular flexibility index (Phi) is 3.61. The molecule has 1 N–H and O–H groups in total. The van der Waals surface area contributed by atoms with Crippen molar-refractivity contribution in [1.82, 2.24) is 5.32 Å². The number of rotatable bonds is 5. The van der Waals surface area contributed by atoms with Crippen LogP contribution in [0.1, 0.15) is 65.2 Å². The van der Waals surface area contributed by atoms with Crippen LogP contribution in [0, 0.1) is 41.4 Å². The number of nitrogens with one attached hydrogen (secondary N) is 1. The Morgan fingerprint density at radius 1 is 0.950 bits per heavy atom. The molecule has 0 spiro atoms. The standard InChI is InChI=1S/C19H33N/c1-3-10-20-19(13-6-4-12(2)5-7-13)18-16-14-8-9-15(11-14)17(16)18/h12-20H,3-11H2,1-2H3. The average Bonchev–Trinajstić information content (AvgIpc) is 2.88. The molecule has 4 rings (SSSR count). The first kappa shape index (κ1) is 13.6. The van der Waals surface area contributed by atoms with Gasteiger partial charge in [0.2, 0.25) is 0 Å². The van der Waals surface area contributed by atoms with Crippen molar-refractivity contribution >= 4 is 0 Å². The van der Waals surface area contributed by atoms with Crippen LogP contribution in [0.5, 0.6) is 0 Å². The summed E-state index contributed by atoms with van der Waals surface area (Å²) >= 11 is 0. The summed E-state index contributed by atoms with van der Waals surface area (Å²) in [6, 6.07) is 0.890. The van der Waals surface area contributed by atoms with E-state index in [4.69, 9.17) is 0 Å². The maximum absolute atomic E-state index is 4.01. The van der Waals surface area contributed by atoms with Gasteiger partial charge in [0.15, 0.2) is 0 Å². The summed E-state index contributed by atoms with van der Waals surface area (Å²) in [6.07, 6.45) is 12.0. The maximum atomic E-state index is 4.01. The van der Waals surface area contributed by atoms with Gasteiger partial charge in [-0.15, -0.1) is 0 Å². The average molecular weight is 275 g/mol. The molecule has 4 fully saturated rings. The van der Waals surface area contributed by atoms with Gasteiger partial charge < -0.3 is 5.32 Å². The van der Waals surface area contributed by atoms with Crippen LogP contribution in [0.3, 0.4) is 0 Å². The first-order valence-electron chi connectivity index (χ1n) is 9.53. The second kappa shape index (κ2) is 5.30. The van der Waals surface area contributed by atoms with Crippen LogP contribution in [0.15, 0.2) is 0 Å². The van der Waals surface area contributed by atoms with Crippen molar-refractivity contribution < 1.29 is 0 Å². The normalized spacial score (nSPS) is 51.0. The number of fused-ring (bicyclic) bond motifs is 5.